The zero-order valence-electron chi connectivity index (χ0n) is 14.3. The van der Waals surface area contributed by atoms with Crippen LogP contribution < -0.4 is 5.32 Å². The van der Waals surface area contributed by atoms with E-state index in [1.54, 1.807) is 18.2 Å². The molecule has 1 aliphatic carbocycles. The van der Waals surface area contributed by atoms with E-state index in [9.17, 15) is 13.2 Å². The fourth-order valence-corrected chi connectivity index (χ4v) is 5.08. The third-order valence-corrected chi connectivity index (χ3v) is 6.72. The number of hydrogen-bond donors (Lipinski definition) is 1. The highest BCUT2D eigenvalue weighted by Gasteiger charge is 2.29. The molecule has 26 heavy (non-hydrogen) atoms. The van der Waals surface area contributed by atoms with Crippen molar-refractivity contribution in [2.24, 2.45) is 0 Å². The molecule has 1 heterocycles. The number of nitrogens with zero attached hydrogens (tertiary/aromatic N) is 1. The van der Waals surface area contributed by atoms with Gasteiger partial charge in [-0.3, -0.25) is 4.79 Å². The van der Waals surface area contributed by atoms with E-state index in [0.29, 0.717) is 30.8 Å². The minimum Gasteiger partial charge on any atom is -0.322 e. The Hall–Kier alpha value is -2.44. The fraction of sp³-hybridized carbons (Fsp3) is 0.250. The summed E-state index contributed by atoms with van der Waals surface area (Å²) in [6.07, 6.45) is 6.25. The number of anilines is 1. The lowest BCUT2D eigenvalue weighted by molar-refractivity contribution is 0.102. The van der Waals surface area contributed by atoms with Gasteiger partial charge >= 0.3 is 0 Å². The topological polar surface area (TPSA) is 66.5 Å². The van der Waals surface area contributed by atoms with E-state index in [1.807, 2.05) is 30.4 Å². The summed E-state index contributed by atoms with van der Waals surface area (Å²) in [5, 5.41) is 2.85. The van der Waals surface area contributed by atoms with Crippen LogP contribution in [0.5, 0.6) is 0 Å². The summed E-state index contributed by atoms with van der Waals surface area (Å²) in [5.41, 5.74) is 2.76. The van der Waals surface area contributed by atoms with E-state index < -0.39 is 10.0 Å². The molecule has 0 bridgehead atoms. The summed E-state index contributed by atoms with van der Waals surface area (Å²) in [7, 11) is -3.56. The van der Waals surface area contributed by atoms with Crippen LogP contribution in [0.1, 0.15) is 34.3 Å². The number of fused-ring (bicyclic) bond motifs is 1. The number of benzene rings is 2. The maximum atomic E-state index is 12.9. The Bertz CT molecular complexity index is 976. The second kappa shape index (κ2) is 6.70. The molecule has 4 rings (SSSR count). The van der Waals surface area contributed by atoms with Crippen LogP contribution in [-0.2, 0) is 16.4 Å². The molecular weight excluding hydrogens is 348 g/mol. The average molecular weight is 368 g/mol. The number of para-hydroxylation sites is 1. The second-order valence-electron chi connectivity index (χ2n) is 6.58. The zero-order chi connectivity index (χ0) is 18.1. The van der Waals surface area contributed by atoms with Gasteiger partial charge in [0.2, 0.25) is 10.0 Å². The predicted molar refractivity (Wildman–Crippen MR) is 102 cm³/mol. The van der Waals surface area contributed by atoms with Crippen LogP contribution in [-0.4, -0.2) is 31.7 Å². The minimum absolute atomic E-state index is 0.208. The van der Waals surface area contributed by atoms with E-state index in [0.717, 1.165) is 24.0 Å². The predicted octanol–water partition coefficient (Wildman–Crippen LogP) is 3.29. The maximum Gasteiger partial charge on any atom is 0.256 e. The van der Waals surface area contributed by atoms with Gasteiger partial charge in [0.25, 0.3) is 5.91 Å². The molecule has 0 saturated carbocycles. The van der Waals surface area contributed by atoms with Crippen molar-refractivity contribution in [3.63, 3.8) is 0 Å². The van der Waals surface area contributed by atoms with Gasteiger partial charge in [0.1, 0.15) is 0 Å². The van der Waals surface area contributed by atoms with Crippen LogP contribution >= 0.6 is 0 Å². The monoisotopic (exact) mass is 368 g/mol. The van der Waals surface area contributed by atoms with Crippen LogP contribution in [0, 0.1) is 0 Å². The van der Waals surface area contributed by atoms with Gasteiger partial charge in [-0.1, -0.05) is 30.4 Å². The minimum atomic E-state index is -3.56. The quantitative estimate of drug-likeness (QED) is 0.900. The molecule has 5 nitrogen and oxygen atoms in total. The molecule has 1 N–H and O–H groups in total. The van der Waals surface area contributed by atoms with E-state index in [2.05, 4.69) is 5.32 Å². The maximum absolute atomic E-state index is 12.9. The van der Waals surface area contributed by atoms with Crippen molar-refractivity contribution < 1.29 is 13.2 Å². The Morgan fingerprint density at radius 3 is 2.50 bits per heavy atom. The number of nitrogens with one attached hydrogen (secondary N) is 1. The first kappa shape index (κ1) is 17.0. The number of rotatable bonds is 4. The highest BCUT2D eigenvalue weighted by atomic mass is 32.2. The highest BCUT2D eigenvalue weighted by Crippen LogP contribution is 2.30. The molecule has 0 unspecified atom stereocenters. The third-order valence-electron chi connectivity index (χ3n) is 4.84. The first-order chi connectivity index (χ1) is 12.6. The van der Waals surface area contributed by atoms with Gasteiger partial charge in [-0.2, -0.15) is 4.31 Å². The Kier molecular flexibility index (Phi) is 4.38. The SMILES string of the molecule is O=C(Nc1ccccc1)c1cc(S(=O)(=O)N2CCCC2)cc2c1C=CC2. The van der Waals surface area contributed by atoms with Crippen LogP contribution in [0.25, 0.3) is 6.08 Å². The van der Waals surface area contributed by atoms with E-state index in [4.69, 9.17) is 0 Å². The standard InChI is InChI=1S/C20H20N2O3S/c23-20(21-16-8-2-1-3-9-16)19-14-17(13-15-7-6-10-18(15)19)26(24,25)22-11-4-5-12-22/h1-3,6,8-10,13-14H,4-5,7,11-12H2,(H,21,23). The molecule has 6 heteroatoms. The molecule has 2 aromatic rings. The molecular formula is C20H20N2O3S. The molecule has 0 radical (unpaired) electrons. The van der Waals surface area contributed by atoms with E-state index in [-0.39, 0.29) is 10.8 Å². The molecule has 0 aromatic heterocycles. The fourth-order valence-electron chi connectivity index (χ4n) is 3.49. The molecule has 134 valence electrons. The number of hydrogen-bond acceptors (Lipinski definition) is 3. The van der Waals surface area contributed by atoms with Gasteiger partial charge in [-0.25, -0.2) is 8.42 Å². The summed E-state index contributed by atoms with van der Waals surface area (Å²) in [5.74, 6) is -0.294. The van der Waals surface area contributed by atoms with Gasteiger partial charge < -0.3 is 5.32 Å². The Labute approximate surface area is 153 Å². The second-order valence-corrected chi connectivity index (χ2v) is 8.52. The first-order valence-corrected chi connectivity index (χ1v) is 10.2. The molecule has 1 amide bonds. The first-order valence-electron chi connectivity index (χ1n) is 8.76. The highest BCUT2D eigenvalue weighted by molar-refractivity contribution is 7.89. The van der Waals surface area contributed by atoms with Crippen molar-refractivity contribution in [3.05, 3.63) is 65.2 Å². The number of carbonyl (C=O) groups is 1. The van der Waals surface area contributed by atoms with Gasteiger partial charge in [0.05, 0.1) is 4.90 Å². The van der Waals surface area contributed by atoms with Crippen molar-refractivity contribution in [2.75, 3.05) is 18.4 Å². The Morgan fingerprint density at radius 1 is 1.04 bits per heavy atom. The Balaban J connectivity index is 1.73. The van der Waals surface area contributed by atoms with Crippen LogP contribution in [0.2, 0.25) is 0 Å². The number of carbonyl (C=O) groups excluding carboxylic acids is 1. The summed E-state index contributed by atoms with van der Waals surface area (Å²) in [4.78, 5) is 13.0. The van der Waals surface area contributed by atoms with Gasteiger partial charge in [-0.15, -0.1) is 0 Å². The van der Waals surface area contributed by atoms with Crippen molar-refractivity contribution in [1.82, 2.24) is 4.31 Å². The lowest BCUT2D eigenvalue weighted by Gasteiger charge is -2.18. The molecule has 0 atom stereocenters. The van der Waals surface area contributed by atoms with Crippen molar-refractivity contribution in [1.29, 1.82) is 0 Å². The number of allylic oxidation sites excluding steroid dienone is 1. The van der Waals surface area contributed by atoms with Crippen molar-refractivity contribution >= 4 is 27.7 Å². The summed E-state index contributed by atoms with van der Waals surface area (Å²) < 4.78 is 27.4. The van der Waals surface area contributed by atoms with Crippen molar-refractivity contribution in [3.8, 4) is 0 Å². The van der Waals surface area contributed by atoms with Crippen LogP contribution in [0.3, 0.4) is 0 Å². The average Bonchev–Trinajstić information content (AvgIpc) is 3.33. The smallest absolute Gasteiger partial charge is 0.256 e. The lowest BCUT2D eigenvalue weighted by atomic mass is 10.0. The molecule has 1 aliphatic heterocycles. The lowest BCUT2D eigenvalue weighted by Crippen LogP contribution is -2.28. The normalized spacial score (nSPS) is 16.6. The number of amides is 1. The molecule has 2 aromatic carbocycles. The third kappa shape index (κ3) is 3.06. The van der Waals surface area contributed by atoms with Gasteiger partial charge in [0, 0.05) is 24.3 Å². The van der Waals surface area contributed by atoms with E-state index >= 15 is 0 Å². The molecule has 2 aliphatic rings. The number of sulfonamides is 1. The van der Waals surface area contributed by atoms with E-state index in [1.165, 1.54) is 10.4 Å². The summed E-state index contributed by atoms with van der Waals surface area (Å²) >= 11 is 0. The van der Waals surface area contributed by atoms with Gasteiger partial charge in [-0.05, 0) is 54.7 Å². The van der Waals surface area contributed by atoms with Crippen molar-refractivity contribution in [2.45, 2.75) is 24.2 Å². The summed E-state index contributed by atoms with van der Waals surface area (Å²) in [6, 6.07) is 12.4. The Morgan fingerprint density at radius 2 is 1.77 bits per heavy atom. The van der Waals surface area contributed by atoms with Gasteiger partial charge in [0.15, 0.2) is 0 Å². The zero-order valence-corrected chi connectivity index (χ0v) is 15.1. The molecule has 0 spiro atoms. The molecule has 1 saturated heterocycles. The van der Waals surface area contributed by atoms with Crippen LogP contribution in [0.15, 0.2) is 53.4 Å². The molecule has 1 fully saturated rings. The summed E-state index contributed by atoms with van der Waals surface area (Å²) in [6.45, 7) is 1.09. The largest absolute Gasteiger partial charge is 0.322 e. The van der Waals surface area contributed by atoms with Crippen LogP contribution in [0.4, 0.5) is 5.69 Å².